The molecule has 0 spiro atoms. The molecule has 1 N–H and O–H groups in total. The van der Waals surface area contributed by atoms with E-state index in [1.807, 2.05) is 0 Å². The van der Waals surface area contributed by atoms with Gasteiger partial charge in [0.2, 0.25) is 0 Å². The first-order chi connectivity index (χ1) is 15.9. The van der Waals surface area contributed by atoms with Crippen molar-refractivity contribution in [3.63, 3.8) is 0 Å². The first-order valence-corrected chi connectivity index (χ1v) is 10.1. The van der Waals surface area contributed by atoms with E-state index < -0.39 is 41.4 Å². The number of aromatic amines is 1. The predicted octanol–water partition coefficient (Wildman–Crippen LogP) is 2.63. The van der Waals surface area contributed by atoms with Gasteiger partial charge in [-0.25, -0.2) is 14.4 Å². The summed E-state index contributed by atoms with van der Waals surface area (Å²) in [5, 5.41) is 0. The standard InChI is InChI=1S/C24H20N2O7/c1-15-20(33-23(29)17-10-6-3-7-11-17)18(14-31-22(28)16-8-4-2-5-9-16)32-21(15)26-13-12-19(27)25-24(26)30/h2-15,20-21H,1H3,(H,25,27,30). The van der Waals surface area contributed by atoms with Gasteiger partial charge >= 0.3 is 17.6 Å². The lowest BCUT2D eigenvalue weighted by Crippen LogP contribution is -2.34. The van der Waals surface area contributed by atoms with Crippen molar-refractivity contribution >= 4 is 11.9 Å². The third kappa shape index (κ3) is 4.77. The Morgan fingerprint density at radius 1 is 0.939 bits per heavy atom. The van der Waals surface area contributed by atoms with Gasteiger partial charge in [-0.1, -0.05) is 43.3 Å². The molecule has 9 nitrogen and oxygen atoms in total. The molecular weight excluding hydrogens is 428 g/mol. The number of H-pyrrole nitrogens is 1. The summed E-state index contributed by atoms with van der Waals surface area (Å²) < 4.78 is 18.0. The molecule has 2 aromatic carbocycles. The zero-order valence-corrected chi connectivity index (χ0v) is 17.5. The number of ether oxygens (including phenoxy) is 3. The van der Waals surface area contributed by atoms with Crippen LogP contribution in [0.5, 0.6) is 0 Å². The van der Waals surface area contributed by atoms with E-state index in [2.05, 4.69) is 4.98 Å². The molecule has 0 radical (unpaired) electrons. The van der Waals surface area contributed by atoms with Crippen molar-refractivity contribution in [2.45, 2.75) is 19.3 Å². The Balaban J connectivity index is 1.63. The molecule has 1 aliphatic rings. The van der Waals surface area contributed by atoms with Crippen molar-refractivity contribution in [2.24, 2.45) is 5.92 Å². The molecule has 2 heterocycles. The normalized spacial score (nSPS) is 20.8. The van der Waals surface area contributed by atoms with Gasteiger partial charge in [-0.3, -0.25) is 14.3 Å². The average Bonchev–Trinajstić information content (AvgIpc) is 3.13. The van der Waals surface area contributed by atoms with Gasteiger partial charge in [0.25, 0.3) is 5.56 Å². The van der Waals surface area contributed by atoms with E-state index in [1.165, 1.54) is 16.8 Å². The number of nitrogens with one attached hydrogen (secondary N) is 1. The monoisotopic (exact) mass is 448 g/mol. The molecule has 3 atom stereocenters. The number of benzene rings is 2. The summed E-state index contributed by atoms with van der Waals surface area (Å²) in [6, 6.07) is 17.9. The third-order valence-electron chi connectivity index (χ3n) is 5.13. The predicted molar refractivity (Wildman–Crippen MR) is 116 cm³/mol. The summed E-state index contributed by atoms with van der Waals surface area (Å²) in [6.45, 7) is 1.71. The van der Waals surface area contributed by atoms with Gasteiger partial charge in [0.1, 0.15) is 6.26 Å². The number of esters is 2. The number of nitrogens with zero attached hydrogens (tertiary/aromatic N) is 1. The van der Waals surface area contributed by atoms with Gasteiger partial charge in [-0.15, -0.1) is 0 Å². The van der Waals surface area contributed by atoms with E-state index in [9.17, 15) is 19.2 Å². The topological polar surface area (TPSA) is 117 Å². The fraction of sp³-hybridized carbons (Fsp3) is 0.167. The van der Waals surface area contributed by atoms with Crippen molar-refractivity contribution in [3.8, 4) is 0 Å². The van der Waals surface area contributed by atoms with Gasteiger partial charge in [0.15, 0.2) is 18.1 Å². The van der Waals surface area contributed by atoms with Crippen molar-refractivity contribution in [2.75, 3.05) is 0 Å². The van der Waals surface area contributed by atoms with Crippen LogP contribution in [0.4, 0.5) is 0 Å². The molecule has 0 saturated carbocycles. The second kappa shape index (κ2) is 9.39. The van der Waals surface area contributed by atoms with Crippen LogP contribution < -0.4 is 11.2 Å². The Labute approximate surface area is 187 Å². The van der Waals surface area contributed by atoms with Crippen molar-refractivity contribution in [1.29, 1.82) is 0 Å². The minimum atomic E-state index is -0.954. The lowest BCUT2D eigenvalue weighted by Gasteiger charge is -2.18. The van der Waals surface area contributed by atoms with Gasteiger partial charge in [0.05, 0.1) is 17.0 Å². The molecule has 1 aromatic heterocycles. The van der Waals surface area contributed by atoms with E-state index >= 15 is 0 Å². The molecule has 9 heteroatoms. The molecule has 3 unspecified atom stereocenters. The second-order valence-electron chi connectivity index (χ2n) is 7.37. The van der Waals surface area contributed by atoms with Crippen LogP contribution in [0.1, 0.15) is 33.9 Å². The molecule has 1 fully saturated rings. The van der Waals surface area contributed by atoms with Crippen LogP contribution in [0.2, 0.25) is 0 Å². The highest BCUT2D eigenvalue weighted by atomic mass is 16.6. The SMILES string of the molecule is CC1C(OC(=O)c2ccccc2)C(=COC(=O)c2ccccc2)OC1n1ccc(=O)[nH]c1=O. The zero-order chi connectivity index (χ0) is 23.4. The summed E-state index contributed by atoms with van der Waals surface area (Å²) in [6.07, 6.45) is 0.498. The Hall–Kier alpha value is -4.40. The van der Waals surface area contributed by atoms with Crippen molar-refractivity contribution in [3.05, 3.63) is 117 Å². The Bertz CT molecular complexity index is 1300. The van der Waals surface area contributed by atoms with E-state index in [4.69, 9.17) is 14.2 Å². The van der Waals surface area contributed by atoms with Crippen LogP contribution in [-0.2, 0) is 14.2 Å². The number of hydrogen-bond acceptors (Lipinski definition) is 7. The quantitative estimate of drug-likeness (QED) is 0.471. The van der Waals surface area contributed by atoms with Crippen LogP contribution in [0, 0.1) is 5.92 Å². The average molecular weight is 448 g/mol. The van der Waals surface area contributed by atoms with E-state index in [0.29, 0.717) is 11.1 Å². The van der Waals surface area contributed by atoms with E-state index in [0.717, 1.165) is 6.26 Å². The first kappa shape index (κ1) is 21.8. The highest BCUT2D eigenvalue weighted by Gasteiger charge is 2.43. The molecule has 0 aliphatic carbocycles. The summed E-state index contributed by atoms with van der Waals surface area (Å²) in [4.78, 5) is 50.9. The molecule has 1 saturated heterocycles. The molecular formula is C24H20N2O7. The summed E-state index contributed by atoms with van der Waals surface area (Å²) in [5.41, 5.74) is -0.585. The maximum absolute atomic E-state index is 12.7. The van der Waals surface area contributed by atoms with E-state index in [1.54, 1.807) is 67.6 Å². The van der Waals surface area contributed by atoms with Crippen LogP contribution in [0.3, 0.4) is 0 Å². The minimum absolute atomic E-state index is 0.0548. The third-order valence-corrected chi connectivity index (χ3v) is 5.13. The largest absolute Gasteiger partial charge is 0.467 e. The second-order valence-corrected chi connectivity index (χ2v) is 7.37. The summed E-state index contributed by atoms with van der Waals surface area (Å²) in [7, 11) is 0. The number of hydrogen-bond donors (Lipinski definition) is 1. The van der Waals surface area contributed by atoms with Crippen LogP contribution in [0.15, 0.2) is 94.5 Å². The number of carbonyl (C=O) groups excluding carboxylic acids is 2. The summed E-state index contributed by atoms with van der Waals surface area (Å²) in [5.74, 6) is -1.73. The zero-order valence-electron chi connectivity index (χ0n) is 17.5. The van der Waals surface area contributed by atoms with Gasteiger partial charge in [0, 0.05) is 12.3 Å². The van der Waals surface area contributed by atoms with Crippen molar-refractivity contribution < 1.29 is 23.8 Å². The Morgan fingerprint density at radius 2 is 1.55 bits per heavy atom. The molecule has 0 amide bonds. The lowest BCUT2D eigenvalue weighted by molar-refractivity contribution is 0.0267. The maximum Gasteiger partial charge on any atom is 0.343 e. The van der Waals surface area contributed by atoms with E-state index in [-0.39, 0.29) is 5.76 Å². The molecule has 3 aromatic rings. The smallest absolute Gasteiger partial charge is 0.343 e. The fourth-order valence-electron chi connectivity index (χ4n) is 3.43. The molecule has 4 rings (SSSR count). The van der Waals surface area contributed by atoms with Gasteiger partial charge < -0.3 is 14.2 Å². The minimum Gasteiger partial charge on any atom is -0.467 e. The Kier molecular flexibility index (Phi) is 6.21. The molecule has 0 bridgehead atoms. The van der Waals surface area contributed by atoms with Gasteiger partial charge in [-0.05, 0) is 24.3 Å². The highest BCUT2D eigenvalue weighted by molar-refractivity contribution is 5.90. The first-order valence-electron chi connectivity index (χ1n) is 10.1. The van der Waals surface area contributed by atoms with Crippen LogP contribution in [-0.4, -0.2) is 27.6 Å². The fourth-order valence-corrected chi connectivity index (χ4v) is 3.43. The molecule has 168 valence electrons. The number of rotatable bonds is 5. The number of carbonyl (C=O) groups is 2. The van der Waals surface area contributed by atoms with Crippen LogP contribution in [0.25, 0.3) is 0 Å². The van der Waals surface area contributed by atoms with Gasteiger partial charge in [-0.2, -0.15) is 0 Å². The maximum atomic E-state index is 12.7. The number of aromatic nitrogens is 2. The molecule has 33 heavy (non-hydrogen) atoms. The summed E-state index contributed by atoms with van der Waals surface area (Å²) >= 11 is 0. The lowest BCUT2D eigenvalue weighted by atomic mass is 10.0. The highest BCUT2D eigenvalue weighted by Crippen LogP contribution is 2.38. The van der Waals surface area contributed by atoms with Crippen LogP contribution >= 0.6 is 0 Å². The Morgan fingerprint density at radius 3 is 2.15 bits per heavy atom. The molecule has 1 aliphatic heterocycles. The van der Waals surface area contributed by atoms with Crippen molar-refractivity contribution in [1.82, 2.24) is 9.55 Å².